The van der Waals surface area contributed by atoms with E-state index in [2.05, 4.69) is 0 Å². The molecule has 0 aromatic heterocycles. The molecular weight excluding hydrogens is 260 g/mol. The molecule has 2 nitrogen and oxygen atoms in total. The van der Waals surface area contributed by atoms with Gasteiger partial charge in [-0.1, -0.05) is 19.4 Å². The second-order valence-electron chi connectivity index (χ2n) is 4.82. The van der Waals surface area contributed by atoms with Crippen molar-refractivity contribution in [3.8, 4) is 0 Å². The van der Waals surface area contributed by atoms with Crippen LogP contribution < -0.4 is 5.73 Å². The average Bonchev–Trinajstić information content (AvgIpc) is 2.37. The molecule has 2 N–H and O–H groups in total. The Bertz CT molecular complexity index is 483. The summed E-state index contributed by atoms with van der Waals surface area (Å²) in [5, 5.41) is 0. The zero-order valence-corrected chi connectivity index (χ0v) is 11.8. The van der Waals surface area contributed by atoms with Crippen LogP contribution in [0.4, 0.5) is 8.78 Å². The summed E-state index contributed by atoms with van der Waals surface area (Å²) in [5.74, 6) is -1.39. The van der Waals surface area contributed by atoms with Crippen LogP contribution in [-0.2, 0) is 4.79 Å². The van der Waals surface area contributed by atoms with Gasteiger partial charge in [-0.25, -0.2) is 8.78 Å². The largest absolute Gasteiger partial charge is 0.370 e. The van der Waals surface area contributed by atoms with Gasteiger partial charge in [-0.15, -0.1) is 0 Å². The highest BCUT2D eigenvalue weighted by Gasteiger charge is 2.08. The fourth-order valence-electron chi connectivity index (χ4n) is 2.09. The summed E-state index contributed by atoms with van der Waals surface area (Å²) in [7, 11) is 0. The number of rotatable bonds is 8. The molecular formula is C16H21F2NO. The molecule has 0 saturated carbocycles. The minimum Gasteiger partial charge on any atom is -0.370 e. The molecule has 0 aliphatic carbocycles. The van der Waals surface area contributed by atoms with E-state index < -0.39 is 11.6 Å². The van der Waals surface area contributed by atoms with Crippen LogP contribution in [0.5, 0.6) is 0 Å². The Morgan fingerprint density at radius 2 is 2.00 bits per heavy atom. The van der Waals surface area contributed by atoms with E-state index >= 15 is 0 Å². The molecule has 1 aromatic rings. The van der Waals surface area contributed by atoms with E-state index in [0.29, 0.717) is 12.0 Å². The molecule has 0 fully saturated rings. The predicted octanol–water partition coefficient (Wildman–Crippen LogP) is 4.19. The molecule has 4 heteroatoms. The first-order valence-electron chi connectivity index (χ1n) is 6.97. The SMILES string of the molecule is CCCC(=CCCCCC(N)=O)c1ccc(F)cc1F. The molecule has 0 heterocycles. The van der Waals surface area contributed by atoms with Gasteiger partial charge in [-0.3, -0.25) is 4.79 Å². The number of carbonyl (C=O) groups excluding carboxylic acids is 1. The van der Waals surface area contributed by atoms with Crippen molar-refractivity contribution in [3.05, 3.63) is 41.5 Å². The quantitative estimate of drug-likeness (QED) is 0.713. The van der Waals surface area contributed by atoms with Crippen molar-refractivity contribution in [2.45, 2.75) is 45.4 Å². The van der Waals surface area contributed by atoms with Gasteiger partial charge in [0.05, 0.1) is 0 Å². The molecule has 0 aliphatic heterocycles. The maximum atomic E-state index is 13.8. The molecule has 110 valence electrons. The number of amides is 1. The summed E-state index contributed by atoms with van der Waals surface area (Å²) in [6.45, 7) is 2.02. The topological polar surface area (TPSA) is 43.1 Å². The predicted molar refractivity (Wildman–Crippen MR) is 76.9 cm³/mol. The molecule has 1 rings (SSSR count). The number of hydrogen-bond acceptors (Lipinski definition) is 1. The summed E-state index contributed by atoms with van der Waals surface area (Å²) in [6, 6.07) is 3.66. The summed E-state index contributed by atoms with van der Waals surface area (Å²) in [5.41, 5.74) is 6.42. The Labute approximate surface area is 118 Å². The monoisotopic (exact) mass is 281 g/mol. The number of hydrogen-bond donors (Lipinski definition) is 1. The Hall–Kier alpha value is -1.71. The van der Waals surface area contributed by atoms with Crippen molar-refractivity contribution < 1.29 is 13.6 Å². The molecule has 0 saturated heterocycles. The standard InChI is InChI=1S/C16H21F2NO/c1-2-6-12(7-4-3-5-8-16(19)20)14-10-9-13(17)11-15(14)18/h7,9-11H,2-6,8H2,1H3,(H2,19,20). The van der Waals surface area contributed by atoms with E-state index in [1.165, 1.54) is 12.1 Å². The molecule has 0 bridgehead atoms. The van der Waals surface area contributed by atoms with E-state index in [4.69, 9.17) is 5.73 Å². The highest BCUT2D eigenvalue weighted by molar-refractivity contribution is 5.73. The van der Waals surface area contributed by atoms with E-state index in [0.717, 1.165) is 43.7 Å². The van der Waals surface area contributed by atoms with Crippen molar-refractivity contribution in [3.63, 3.8) is 0 Å². The Kier molecular flexibility index (Phi) is 6.91. The molecule has 0 aliphatic rings. The number of nitrogens with two attached hydrogens (primary N) is 1. The van der Waals surface area contributed by atoms with Gasteiger partial charge in [0.15, 0.2) is 0 Å². The normalized spacial score (nSPS) is 11.7. The first-order valence-corrected chi connectivity index (χ1v) is 6.97. The lowest BCUT2D eigenvalue weighted by molar-refractivity contribution is -0.118. The zero-order valence-electron chi connectivity index (χ0n) is 11.8. The minimum atomic E-state index is -0.566. The minimum absolute atomic E-state index is 0.299. The summed E-state index contributed by atoms with van der Waals surface area (Å²) < 4.78 is 26.7. The van der Waals surface area contributed by atoms with Gasteiger partial charge < -0.3 is 5.73 Å². The number of carbonyl (C=O) groups is 1. The Morgan fingerprint density at radius 1 is 1.25 bits per heavy atom. The van der Waals surface area contributed by atoms with E-state index in [1.807, 2.05) is 13.0 Å². The third kappa shape index (κ3) is 5.51. The summed E-state index contributed by atoms with van der Waals surface area (Å²) in [4.78, 5) is 10.6. The van der Waals surface area contributed by atoms with Gasteiger partial charge in [0, 0.05) is 18.1 Å². The van der Waals surface area contributed by atoms with Crippen LogP contribution in [0.2, 0.25) is 0 Å². The number of primary amides is 1. The molecule has 1 amide bonds. The first kappa shape index (κ1) is 16.3. The van der Waals surface area contributed by atoms with Crippen molar-refractivity contribution in [2.75, 3.05) is 0 Å². The van der Waals surface area contributed by atoms with Crippen LogP contribution in [0.1, 0.15) is 51.0 Å². The van der Waals surface area contributed by atoms with Gasteiger partial charge in [0.25, 0.3) is 0 Å². The molecule has 0 spiro atoms. The first-order chi connectivity index (χ1) is 9.54. The lowest BCUT2D eigenvalue weighted by atomic mass is 9.98. The van der Waals surface area contributed by atoms with Crippen LogP contribution in [0.3, 0.4) is 0 Å². The lowest BCUT2D eigenvalue weighted by Gasteiger charge is -2.08. The van der Waals surface area contributed by atoms with Crippen LogP contribution in [0.25, 0.3) is 5.57 Å². The second kappa shape index (κ2) is 8.46. The van der Waals surface area contributed by atoms with Crippen LogP contribution in [0.15, 0.2) is 24.3 Å². The van der Waals surface area contributed by atoms with Crippen molar-refractivity contribution in [1.29, 1.82) is 0 Å². The van der Waals surface area contributed by atoms with E-state index in [1.54, 1.807) is 0 Å². The lowest BCUT2D eigenvalue weighted by Crippen LogP contribution is -2.09. The Morgan fingerprint density at radius 3 is 2.60 bits per heavy atom. The third-order valence-corrected chi connectivity index (χ3v) is 3.06. The van der Waals surface area contributed by atoms with Gasteiger partial charge in [-0.2, -0.15) is 0 Å². The smallest absolute Gasteiger partial charge is 0.217 e. The fourth-order valence-corrected chi connectivity index (χ4v) is 2.09. The zero-order chi connectivity index (χ0) is 15.0. The second-order valence-corrected chi connectivity index (χ2v) is 4.82. The van der Waals surface area contributed by atoms with Crippen LogP contribution in [0, 0.1) is 11.6 Å². The van der Waals surface area contributed by atoms with Gasteiger partial charge in [-0.05, 0) is 43.4 Å². The van der Waals surface area contributed by atoms with Gasteiger partial charge in [0.1, 0.15) is 11.6 Å². The van der Waals surface area contributed by atoms with Gasteiger partial charge >= 0.3 is 0 Å². The van der Waals surface area contributed by atoms with Crippen molar-refractivity contribution >= 4 is 11.5 Å². The number of benzene rings is 1. The highest BCUT2D eigenvalue weighted by Crippen LogP contribution is 2.24. The van der Waals surface area contributed by atoms with Crippen LogP contribution >= 0.6 is 0 Å². The Balaban J connectivity index is 2.69. The molecule has 0 radical (unpaired) electrons. The van der Waals surface area contributed by atoms with E-state index in [9.17, 15) is 13.6 Å². The van der Waals surface area contributed by atoms with Crippen molar-refractivity contribution in [1.82, 2.24) is 0 Å². The maximum Gasteiger partial charge on any atom is 0.217 e. The maximum absolute atomic E-state index is 13.8. The fraction of sp³-hybridized carbons (Fsp3) is 0.438. The van der Waals surface area contributed by atoms with Crippen molar-refractivity contribution in [2.24, 2.45) is 5.73 Å². The summed E-state index contributed by atoms with van der Waals surface area (Å²) >= 11 is 0. The van der Waals surface area contributed by atoms with Gasteiger partial charge in [0.2, 0.25) is 5.91 Å². The molecule has 1 aromatic carbocycles. The number of allylic oxidation sites excluding steroid dienone is 2. The molecule has 0 unspecified atom stereocenters. The summed E-state index contributed by atoms with van der Waals surface area (Å²) in [6.07, 6.45) is 6.32. The number of unbranched alkanes of at least 4 members (excludes halogenated alkanes) is 2. The molecule has 20 heavy (non-hydrogen) atoms. The molecule has 0 atom stereocenters. The highest BCUT2D eigenvalue weighted by atomic mass is 19.1. The average molecular weight is 281 g/mol. The van der Waals surface area contributed by atoms with E-state index in [-0.39, 0.29) is 5.91 Å². The number of halogens is 2. The van der Waals surface area contributed by atoms with Crippen LogP contribution in [-0.4, -0.2) is 5.91 Å². The third-order valence-electron chi connectivity index (χ3n) is 3.06.